The minimum absolute atomic E-state index is 0.193. The molecule has 0 spiro atoms. The van der Waals surface area contributed by atoms with E-state index in [0.29, 0.717) is 0 Å². The van der Waals surface area contributed by atoms with Gasteiger partial charge in [-0.15, -0.1) is 0 Å². The van der Waals surface area contributed by atoms with Crippen LogP contribution in [0.25, 0.3) is 21.8 Å². The molecule has 0 unspecified atom stereocenters. The minimum Gasteiger partial charge on any atom is -0.744 e. The molecule has 130 valence electrons. The van der Waals surface area contributed by atoms with Crippen molar-refractivity contribution in [2.75, 3.05) is 0 Å². The lowest BCUT2D eigenvalue weighted by atomic mass is 9.80. The number of aromatic nitrogens is 1. The summed E-state index contributed by atoms with van der Waals surface area (Å²) in [5.74, 6) is 0. The normalized spacial score (nSPS) is 16.4. The quantitative estimate of drug-likeness (QED) is 0.650. The van der Waals surface area contributed by atoms with Gasteiger partial charge in [-0.3, -0.25) is 4.99 Å². The molecule has 1 aliphatic rings. The Morgan fingerprint density at radius 2 is 1.84 bits per heavy atom. The molecule has 0 bridgehead atoms. The fourth-order valence-electron chi connectivity index (χ4n) is 3.88. The Labute approximate surface area is 146 Å². The van der Waals surface area contributed by atoms with Gasteiger partial charge in [0.1, 0.15) is 10.1 Å². The van der Waals surface area contributed by atoms with Gasteiger partial charge in [-0.2, -0.15) is 0 Å². The number of hydrogen-bond donors (Lipinski definition) is 0. The second kappa shape index (κ2) is 4.93. The van der Waals surface area contributed by atoms with Crippen molar-refractivity contribution in [3.63, 3.8) is 0 Å². The van der Waals surface area contributed by atoms with Crippen LogP contribution in [0.3, 0.4) is 0 Å². The van der Waals surface area contributed by atoms with Gasteiger partial charge in [-0.1, -0.05) is 13.8 Å². The summed E-state index contributed by atoms with van der Waals surface area (Å²) in [5.41, 5.74) is 4.77. The van der Waals surface area contributed by atoms with Crippen LogP contribution in [0.15, 0.2) is 40.2 Å². The first-order valence-electron chi connectivity index (χ1n) is 8.27. The van der Waals surface area contributed by atoms with Crippen molar-refractivity contribution in [2.45, 2.75) is 44.6 Å². The smallest absolute Gasteiger partial charge is 0.124 e. The zero-order valence-corrected chi connectivity index (χ0v) is 15.4. The summed E-state index contributed by atoms with van der Waals surface area (Å²) >= 11 is 0. The lowest BCUT2D eigenvalue weighted by Gasteiger charge is -2.21. The summed E-state index contributed by atoms with van der Waals surface area (Å²) in [6.45, 7) is 9.07. The molecule has 0 aliphatic carbocycles. The highest BCUT2D eigenvalue weighted by Crippen LogP contribution is 2.47. The van der Waals surface area contributed by atoms with Gasteiger partial charge in [0.15, 0.2) is 0 Å². The molecule has 1 aromatic heterocycles. The fraction of sp³-hybridized carbons (Fsp3) is 0.316. The van der Waals surface area contributed by atoms with E-state index in [-0.39, 0.29) is 10.3 Å². The lowest BCUT2D eigenvalue weighted by molar-refractivity contribution is 0.463. The molecule has 4 rings (SSSR count). The summed E-state index contributed by atoms with van der Waals surface area (Å²) in [5, 5.41) is 1.79. The number of fused-ring (bicyclic) bond motifs is 5. The van der Waals surface area contributed by atoms with Crippen LogP contribution in [0, 0.1) is 0 Å². The molecule has 25 heavy (non-hydrogen) atoms. The lowest BCUT2D eigenvalue weighted by Crippen LogP contribution is -2.22. The Hall–Kier alpha value is -2.18. The maximum Gasteiger partial charge on any atom is 0.124 e. The first-order chi connectivity index (χ1) is 11.7. The Morgan fingerprint density at radius 3 is 2.48 bits per heavy atom. The third-order valence-corrected chi connectivity index (χ3v) is 6.23. The SMILES string of the molecule is CCn1c2ccc(S(=O)(=O)[O-])cc2c2c3c(ccc21)N=C(C)C3(C)C. The number of rotatable bonds is 2. The molecule has 0 radical (unpaired) electrons. The molecule has 0 amide bonds. The Bertz CT molecular complexity index is 1180. The van der Waals surface area contributed by atoms with Crippen molar-refractivity contribution in [2.24, 2.45) is 4.99 Å². The standard InChI is InChI=1S/C19H20N2O3S/c1-5-21-15-8-6-12(25(22,23)24)10-13(15)17-16(21)9-7-14-18(17)19(3,4)11(2)20-14/h6-10H,5H2,1-4H3,(H,22,23,24)/p-1. The largest absolute Gasteiger partial charge is 0.744 e. The van der Waals surface area contributed by atoms with Crippen LogP contribution in [-0.2, 0) is 22.1 Å². The van der Waals surface area contributed by atoms with E-state index >= 15 is 0 Å². The van der Waals surface area contributed by atoms with Crippen molar-refractivity contribution in [3.8, 4) is 0 Å². The highest BCUT2D eigenvalue weighted by molar-refractivity contribution is 7.85. The Kier molecular flexibility index (Phi) is 3.21. The van der Waals surface area contributed by atoms with Crippen LogP contribution in [0.1, 0.15) is 33.3 Å². The van der Waals surface area contributed by atoms with Gasteiger partial charge < -0.3 is 9.12 Å². The van der Waals surface area contributed by atoms with Gasteiger partial charge in [0, 0.05) is 39.5 Å². The molecule has 0 saturated heterocycles. The molecule has 1 aliphatic heterocycles. The van der Waals surface area contributed by atoms with Gasteiger partial charge in [0.2, 0.25) is 0 Å². The van der Waals surface area contributed by atoms with Crippen LogP contribution in [0.5, 0.6) is 0 Å². The molecule has 0 atom stereocenters. The second-order valence-corrected chi connectivity index (χ2v) is 8.43. The van der Waals surface area contributed by atoms with E-state index in [1.54, 1.807) is 6.07 Å². The van der Waals surface area contributed by atoms with E-state index in [0.717, 1.165) is 45.3 Å². The van der Waals surface area contributed by atoms with Crippen molar-refractivity contribution in [1.82, 2.24) is 4.57 Å². The Balaban J connectivity index is 2.24. The minimum atomic E-state index is -4.50. The number of benzene rings is 2. The van der Waals surface area contributed by atoms with Crippen LogP contribution in [-0.4, -0.2) is 23.2 Å². The highest BCUT2D eigenvalue weighted by Gasteiger charge is 2.35. The molecular formula is C19H19N2O3S-. The van der Waals surface area contributed by atoms with Gasteiger partial charge in [0.25, 0.3) is 0 Å². The topological polar surface area (TPSA) is 74.5 Å². The average molecular weight is 355 g/mol. The van der Waals surface area contributed by atoms with Crippen molar-refractivity contribution < 1.29 is 13.0 Å². The number of nitrogens with zero attached hydrogens (tertiary/aromatic N) is 2. The first-order valence-corrected chi connectivity index (χ1v) is 9.68. The fourth-order valence-corrected chi connectivity index (χ4v) is 4.38. The molecule has 0 N–H and O–H groups in total. The summed E-state index contributed by atoms with van der Waals surface area (Å²) in [7, 11) is -4.50. The molecule has 2 heterocycles. The van der Waals surface area contributed by atoms with Gasteiger partial charge in [0.05, 0.1) is 10.6 Å². The summed E-state index contributed by atoms with van der Waals surface area (Å²) < 4.78 is 36.7. The molecule has 0 saturated carbocycles. The number of aryl methyl sites for hydroxylation is 1. The molecule has 6 heteroatoms. The van der Waals surface area contributed by atoms with Gasteiger partial charge in [-0.05, 0) is 49.7 Å². The van der Waals surface area contributed by atoms with Crippen molar-refractivity contribution >= 4 is 43.3 Å². The van der Waals surface area contributed by atoms with E-state index in [1.165, 1.54) is 12.1 Å². The van der Waals surface area contributed by atoms with E-state index < -0.39 is 10.1 Å². The van der Waals surface area contributed by atoms with Crippen LogP contribution in [0.2, 0.25) is 0 Å². The van der Waals surface area contributed by atoms with Crippen molar-refractivity contribution in [3.05, 3.63) is 35.9 Å². The first kappa shape index (κ1) is 16.3. The third kappa shape index (κ3) is 2.10. The van der Waals surface area contributed by atoms with E-state index in [1.807, 2.05) is 19.1 Å². The average Bonchev–Trinajstić information content (AvgIpc) is 2.97. The Morgan fingerprint density at radius 1 is 1.16 bits per heavy atom. The van der Waals surface area contributed by atoms with Crippen LogP contribution < -0.4 is 0 Å². The molecule has 3 aromatic rings. The van der Waals surface area contributed by atoms with Crippen LogP contribution >= 0.6 is 0 Å². The monoisotopic (exact) mass is 355 g/mol. The zero-order valence-electron chi connectivity index (χ0n) is 14.6. The molecule has 2 aromatic carbocycles. The predicted octanol–water partition coefficient (Wildman–Crippen LogP) is 4.10. The third-order valence-electron chi connectivity index (χ3n) is 5.40. The van der Waals surface area contributed by atoms with Crippen LogP contribution in [0.4, 0.5) is 5.69 Å². The molecule has 0 fully saturated rings. The maximum absolute atomic E-state index is 11.5. The number of aliphatic imine (C=N–C) groups is 1. The summed E-state index contributed by atoms with van der Waals surface area (Å²) in [6, 6.07) is 8.68. The van der Waals surface area contributed by atoms with Gasteiger partial charge in [-0.25, -0.2) is 8.42 Å². The zero-order chi connectivity index (χ0) is 18.1. The second-order valence-electron chi connectivity index (χ2n) is 7.05. The highest BCUT2D eigenvalue weighted by atomic mass is 32.2. The van der Waals surface area contributed by atoms with Crippen molar-refractivity contribution in [1.29, 1.82) is 0 Å². The summed E-state index contributed by atoms with van der Waals surface area (Å²) in [4.78, 5) is 4.50. The maximum atomic E-state index is 11.5. The van der Waals surface area contributed by atoms with E-state index in [4.69, 9.17) is 4.99 Å². The molecular weight excluding hydrogens is 336 g/mol. The predicted molar refractivity (Wildman–Crippen MR) is 98.9 cm³/mol. The van der Waals surface area contributed by atoms with E-state index in [9.17, 15) is 13.0 Å². The van der Waals surface area contributed by atoms with E-state index in [2.05, 4.69) is 25.3 Å². The van der Waals surface area contributed by atoms with Gasteiger partial charge >= 0.3 is 0 Å². The number of hydrogen-bond acceptors (Lipinski definition) is 4. The molecule has 5 nitrogen and oxygen atoms in total. The summed E-state index contributed by atoms with van der Waals surface area (Å²) in [6.07, 6.45) is 0.